The van der Waals surface area contributed by atoms with Gasteiger partial charge in [0.15, 0.2) is 5.96 Å². The van der Waals surface area contributed by atoms with Gasteiger partial charge < -0.3 is 37.1 Å². The number of ether oxygens (including phenoxy) is 1. The Morgan fingerprint density at radius 2 is 1.62 bits per heavy atom. The highest BCUT2D eigenvalue weighted by Crippen LogP contribution is 2.22. The number of hydrogen-bond acceptors (Lipinski definition) is 6. The Kier molecular flexibility index (Phi) is 10.7. The molecule has 1 aromatic carbocycles. The summed E-state index contributed by atoms with van der Waals surface area (Å²) in [5.74, 6) is -4.10. The summed E-state index contributed by atoms with van der Waals surface area (Å²) in [5.41, 5.74) is 10.5. The van der Waals surface area contributed by atoms with Gasteiger partial charge in [0.1, 0.15) is 12.1 Å². The van der Waals surface area contributed by atoms with Gasteiger partial charge in [-0.2, -0.15) is 13.2 Å². The summed E-state index contributed by atoms with van der Waals surface area (Å²) in [6, 6.07) is 2.21. The number of nitrogens with one attached hydrogen (secondary N) is 3. The zero-order chi connectivity index (χ0) is 29.4. The van der Waals surface area contributed by atoms with Gasteiger partial charge in [0.05, 0.1) is 25.4 Å². The number of benzene rings is 1. The first-order valence-corrected chi connectivity index (χ1v) is 12.1. The predicted molar refractivity (Wildman–Crippen MR) is 136 cm³/mol. The molecule has 39 heavy (non-hydrogen) atoms. The van der Waals surface area contributed by atoms with E-state index in [2.05, 4.69) is 15.6 Å². The van der Waals surface area contributed by atoms with E-state index in [0.29, 0.717) is 37.6 Å². The quantitative estimate of drug-likeness (QED) is 0.214. The van der Waals surface area contributed by atoms with Gasteiger partial charge in [0.25, 0.3) is 5.78 Å². The molecular weight excluding hydrogens is 523 g/mol. The fourth-order valence-corrected chi connectivity index (χ4v) is 3.67. The minimum absolute atomic E-state index is 0.212. The van der Waals surface area contributed by atoms with Crippen LogP contribution in [0.5, 0.6) is 0 Å². The molecule has 0 bridgehead atoms. The average Bonchev–Trinajstić information content (AvgIpc) is 2.85. The van der Waals surface area contributed by atoms with Crippen molar-refractivity contribution in [3.63, 3.8) is 0 Å². The third kappa shape index (κ3) is 10.1. The predicted octanol–water partition coefficient (Wildman–Crippen LogP) is 0.323. The first kappa shape index (κ1) is 31.3. The lowest BCUT2D eigenvalue weighted by Crippen LogP contribution is -2.59. The average molecular weight is 558 g/mol. The normalized spacial score (nSPS) is 15.5. The molecule has 0 aliphatic carbocycles. The van der Waals surface area contributed by atoms with Gasteiger partial charge in [0, 0.05) is 19.5 Å². The molecule has 1 aliphatic heterocycles. The lowest BCUT2D eigenvalue weighted by Gasteiger charge is -2.34. The molecule has 15 heteroatoms. The SMILES string of the molecule is CC(C)(C)[C@@H](NC(=O)N1CCOCC1)C(=O)NCC(=O)NC(Cc1ccc(N=C(N)N)cc1)C(=O)C(F)(F)F. The Labute approximate surface area is 223 Å². The van der Waals surface area contributed by atoms with Crippen molar-refractivity contribution < 1.29 is 37.1 Å². The number of nitrogens with zero attached hydrogens (tertiary/aromatic N) is 2. The van der Waals surface area contributed by atoms with Crippen molar-refractivity contribution >= 4 is 35.3 Å². The van der Waals surface area contributed by atoms with Gasteiger partial charge in [-0.3, -0.25) is 14.4 Å². The molecule has 1 fully saturated rings. The largest absolute Gasteiger partial charge is 0.452 e. The highest BCUT2D eigenvalue weighted by molar-refractivity contribution is 5.95. The summed E-state index contributed by atoms with van der Waals surface area (Å²) in [6.45, 7) is 5.80. The van der Waals surface area contributed by atoms with E-state index >= 15 is 0 Å². The first-order valence-electron chi connectivity index (χ1n) is 12.1. The summed E-state index contributed by atoms with van der Waals surface area (Å²) < 4.78 is 44.9. The minimum atomic E-state index is -5.21. The zero-order valence-corrected chi connectivity index (χ0v) is 21.9. The van der Waals surface area contributed by atoms with Crippen LogP contribution in [-0.4, -0.2) is 85.6 Å². The lowest BCUT2D eigenvalue weighted by atomic mass is 9.86. The number of rotatable bonds is 9. The molecule has 1 aliphatic rings. The van der Waals surface area contributed by atoms with E-state index in [9.17, 15) is 32.3 Å². The number of urea groups is 1. The van der Waals surface area contributed by atoms with Gasteiger partial charge in [0.2, 0.25) is 11.8 Å². The van der Waals surface area contributed by atoms with E-state index in [4.69, 9.17) is 16.2 Å². The van der Waals surface area contributed by atoms with Crippen LogP contribution in [-0.2, 0) is 25.5 Å². The van der Waals surface area contributed by atoms with Crippen LogP contribution in [0.4, 0.5) is 23.7 Å². The van der Waals surface area contributed by atoms with E-state index in [1.807, 2.05) is 5.32 Å². The molecule has 0 radical (unpaired) electrons. The number of alkyl halides is 3. The molecule has 4 amide bonds. The van der Waals surface area contributed by atoms with Crippen molar-refractivity contribution in [3.05, 3.63) is 29.8 Å². The maximum Gasteiger partial charge on any atom is 0.452 e. The molecule has 216 valence electrons. The second kappa shape index (κ2) is 13.3. The van der Waals surface area contributed by atoms with Crippen molar-refractivity contribution in [3.8, 4) is 0 Å². The molecule has 1 unspecified atom stereocenters. The highest BCUT2D eigenvalue weighted by Gasteiger charge is 2.44. The number of amides is 4. The number of morpholine rings is 1. The van der Waals surface area contributed by atoms with Crippen molar-refractivity contribution in [2.45, 2.75) is 45.5 Å². The van der Waals surface area contributed by atoms with E-state index in [1.165, 1.54) is 29.2 Å². The number of ketones is 1. The Morgan fingerprint density at radius 3 is 2.13 bits per heavy atom. The molecule has 2 atom stereocenters. The van der Waals surface area contributed by atoms with Crippen LogP contribution in [0, 0.1) is 5.41 Å². The van der Waals surface area contributed by atoms with Crippen LogP contribution in [0.25, 0.3) is 0 Å². The van der Waals surface area contributed by atoms with E-state index in [-0.39, 0.29) is 5.96 Å². The number of hydrogen-bond donors (Lipinski definition) is 5. The van der Waals surface area contributed by atoms with Crippen LogP contribution in [0.3, 0.4) is 0 Å². The van der Waals surface area contributed by atoms with Crippen LogP contribution in [0.2, 0.25) is 0 Å². The molecule has 7 N–H and O–H groups in total. The summed E-state index contributed by atoms with van der Waals surface area (Å²) in [6.07, 6.45) is -5.68. The summed E-state index contributed by atoms with van der Waals surface area (Å²) >= 11 is 0. The summed E-state index contributed by atoms with van der Waals surface area (Å²) in [4.78, 5) is 55.3. The zero-order valence-electron chi connectivity index (χ0n) is 21.9. The number of halogens is 3. The second-order valence-electron chi connectivity index (χ2n) is 9.96. The first-order chi connectivity index (χ1) is 18.1. The maximum absolute atomic E-state index is 13.2. The van der Waals surface area contributed by atoms with Crippen molar-refractivity contribution in [2.75, 3.05) is 32.8 Å². The third-order valence-corrected chi connectivity index (χ3v) is 5.68. The molecule has 12 nitrogen and oxygen atoms in total. The minimum Gasteiger partial charge on any atom is -0.378 e. The Hall–Kier alpha value is -3.88. The van der Waals surface area contributed by atoms with Crippen LogP contribution in [0.1, 0.15) is 26.3 Å². The van der Waals surface area contributed by atoms with E-state index in [0.717, 1.165) is 0 Å². The highest BCUT2D eigenvalue weighted by atomic mass is 19.4. The molecule has 2 rings (SSSR count). The molecule has 0 saturated carbocycles. The van der Waals surface area contributed by atoms with Crippen molar-refractivity contribution in [1.82, 2.24) is 20.9 Å². The fourth-order valence-electron chi connectivity index (χ4n) is 3.67. The third-order valence-electron chi connectivity index (χ3n) is 5.68. The van der Waals surface area contributed by atoms with Gasteiger partial charge in [-0.1, -0.05) is 32.9 Å². The number of Topliss-reactive ketones (excluding diaryl/α,β-unsaturated/α-hetero) is 1. The van der Waals surface area contributed by atoms with Crippen LogP contribution >= 0.6 is 0 Å². The number of nitrogens with two attached hydrogens (primary N) is 2. The smallest absolute Gasteiger partial charge is 0.378 e. The summed E-state index contributed by atoms with van der Waals surface area (Å²) in [5, 5.41) is 7.01. The monoisotopic (exact) mass is 557 g/mol. The molecular formula is C24H34F3N7O5. The Balaban J connectivity index is 2.06. The molecule has 1 saturated heterocycles. The van der Waals surface area contributed by atoms with Crippen LogP contribution in [0.15, 0.2) is 29.3 Å². The molecule has 1 heterocycles. The maximum atomic E-state index is 13.2. The Morgan fingerprint density at radius 1 is 1.03 bits per heavy atom. The van der Waals surface area contributed by atoms with Gasteiger partial charge in [-0.25, -0.2) is 9.79 Å². The second-order valence-corrected chi connectivity index (χ2v) is 9.96. The van der Waals surface area contributed by atoms with Crippen molar-refractivity contribution in [1.29, 1.82) is 0 Å². The van der Waals surface area contributed by atoms with Gasteiger partial charge in [-0.15, -0.1) is 0 Å². The topological polar surface area (TPSA) is 181 Å². The molecule has 0 spiro atoms. The Bertz CT molecular complexity index is 1060. The van der Waals surface area contributed by atoms with Gasteiger partial charge in [-0.05, 0) is 23.1 Å². The summed E-state index contributed by atoms with van der Waals surface area (Å²) in [7, 11) is 0. The lowest BCUT2D eigenvalue weighted by molar-refractivity contribution is -0.173. The van der Waals surface area contributed by atoms with E-state index in [1.54, 1.807) is 20.8 Å². The molecule has 0 aromatic heterocycles. The van der Waals surface area contributed by atoms with Crippen LogP contribution < -0.4 is 27.4 Å². The van der Waals surface area contributed by atoms with E-state index < -0.39 is 60.3 Å². The standard InChI is InChI=1S/C24H34F3N7O5/c1-23(2,3)18(33-22(38)34-8-10-39-11-9-34)20(37)30-13-17(35)32-16(19(36)24(25,26)27)12-14-4-6-15(7-5-14)31-21(28)29/h4-7,16,18H,8-13H2,1-3H3,(H,30,37)(H,32,35)(H,33,38)(H4,28,29,31)/t16?,18-/m0/s1. The number of carbonyl (C=O) groups excluding carboxylic acids is 4. The number of guanidine groups is 1. The van der Waals surface area contributed by atoms with Gasteiger partial charge >= 0.3 is 12.2 Å². The fraction of sp³-hybridized carbons (Fsp3) is 0.542. The number of aliphatic imine (C=N–C) groups is 1. The molecule has 1 aromatic rings. The number of carbonyl (C=O) groups is 4. The van der Waals surface area contributed by atoms with Crippen molar-refractivity contribution in [2.24, 2.45) is 21.9 Å².